The largest absolute Gasteiger partial charge is 0.451 e. The number of nitro benzene ring substituents is 1. The van der Waals surface area contributed by atoms with Crippen LogP contribution in [0.15, 0.2) is 77.2 Å². The molecule has 1 N–H and O–H groups in total. The lowest BCUT2D eigenvalue weighted by atomic mass is 10.1. The zero-order chi connectivity index (χ0) is 23.8. The van der Waals surface area contributed by atoms with E-state index in [4.69, 9.17) is 16.0 Å². The van der Waals surface area contributed by atoms with Gasteiger partial charge in [-0.25, -0.2) is 0 Å². The van der Waals surface area contributed by atoms with Crippen LogP contribution in [0.4, 0.5) is 11.4 Å². The molecule has 0 spiro atoms. The van der Waals surface area contributed by atoms with Crippen molar-refractivity contribution in [2.75, 3.05) is 5.32 Å². The first-order valence-electron chi connectivity index (χ1n) is 10.2. The van der Waals surface area contributed by atoms with Gasteiger partial charge in [0.1, 0.15) is 16.8 Å². The number of anilines is 1. The number of nitrogens with zero attached hydrogens (tertiary/aromatic N) is 4. The summed E-state index contributed by atoms with van der Waals surface area (Å²) in [6.07, 6.45) is 0. The van der Waals surface area contributed by atoms with E-state index in [1.807, 2.05) is 25.1 Å². The lowest BCUT2D eigenvalue weighted by molar-refractivity contribution is -0.384. The zero-order valence-electron chi connectivity index (χ0n) is 17.7. The number of halogens is 1. The van der Waals surface area contributed by atoms with Crippen LogP contribution in [0.3, 0.4) is 0 Å². The molecule has 0 aliphatic heterocycles. The van der Waals surface area contributed by atoms with Gasteiger partial charge in [0.2, 0.25) is 0 Å². The Hall–Kier alpha value is -4.50. The van der Waals surface area contributed by atoms with Crippen LogP contribution in [0.1, 0.15) is 16.1 Å². The summed E-state index contributed by atoms with van der Waals surface area (Å²) in [5.74, 6) is -0.0259. The molecule has 34 heavy (non-hydrogen) atoms. The summed E-state index contributed by atoms with van der Waals surface area (Å²) in [5.41, 5.74) is 3.85. The van der Waals surface area contributed by atoms with Crippen molar-refractivity contribution in [3.63, 3.8) is 0 Å². The maximum Gasteiger partial charge on any atom is 0.291 e. The molecule has 0 saturated carbocycles. The van der Waals surface area contributed by atoms with Gasteiger partial charge in [-0.15, -0.1) is 10.2 Å². The topological polar surface area (TPSA) is 116 Å². The second-order valence-electron chi connectivity index (χ2n) is 7.55. The van der Waals surface area contributed by atoms with Gasteiger partial charge in [0, 0.05) is 28.4 Å². The van der Waals surface area contributed by atoms with Gasteiger partial charge in [0.05, 0.1) is 10.6 Å². The third-order valence-corrected chi connectivity index (χ3v) is 5.46. The van der Waals surface area contributed by atoms with E-state index in [1.54, 1.807) is 36.4 Å². The SMILES string of the molecule is Cc1cc2nn(-c3ccc(Cl)cc3)nc2cc1NC(=O)c1ccc(-c2cccc([N+](=O)[O-])c2)o1. The highest BCUT2D eigenvalue weighted by Gasteiger charge is 2.16. The summed E-state index contributed by atoms with van der Waals surface area (Å²) in [7, 11) is 0. The number of aryl methyl sites for hydroxylation is 1. The molecule has 2 aromatic heterocycles. The van der Waals surface area contributed by atoms with Crippen molar-refractivity contribution >= 4 is 39.9 Å². The number of nitrogens with one attached hydrogen (secondary N) is 1. The van der Waals surface area contributed by atoms with Crippen LogP contribution < -0.4 is 5.32 Å². The number of fused-ring (bicyclic) bond motifs is 1. The number of hydrogen-bond acceptors (Lipinski definition) is 6. The Morgan fingerprint density at radius 3 is 2.50 bits per heavy atom. The minimum absolute atomic E-state index is 0.0597. The first kappa shape index (κ1) is 21.4. The molecule has 0 aliphatic carbocycles. The van der Waals surface area contributed by atoms with Crippen molar-refractivity contribution in [1.82, 2.24) is 15.0 Å². The van der Waals surface area contributed by atoms with Crippen molar-refractivity contribution < 1.29 is 14.1 Å². The van der Waals surface area contributed by atoms with E-state index in [0.29, 0.717) is 33.1 Å². The van der Waals surface area contributed by atoms with Crippen molar-refractivity contribution in [2.45, 2.75) is 6.92 Å². The highest BCUT2D eigenvalue weighted by atomic mass is 35.5. The van der Waals surface area contributed by atoms with Gasteiger partial charge < -0.3 is 9.73 Å². The van der Waals surface area contributed by atoms with Gasteiger partial charge in [0.15, 0.2) is 5.76 Å². The Kier molecular flexibility index (Phi) is 5.31. The smallest absolute Gasteiger partial charge is 0.291 e. The van der Waals surface area contributed by atoms with Gasteiger partial charge in [-0.1, -0.05) is 23.7 Å². The van der Waals surface area contributed by atoms with Crippen molar-refractivity contribution in [3.8, 4) is 17.0 Å². The summed E-state index contributed by atoms with van der Waals surface area (Å²) >= 11 is 5.95. The van der Waals surface area contributed by atoms with E-state index in [9.17, 15) is 14.9 Å². The van der Waals surface area contributed by atoms with Crippen LogP contribution in [0.5, 0.6) is 0 Å². The minimum Gasteiger partial charge on any atom is -0.451 e. The fourth-order valence-corrected chi connectivity index (χ4v) is 3.59. The molecule has 1 amide bonds. The number of benzene rings is 3. The van der Waals surface area contributed by atoms with E-state index in [0.717, 1.165) is 11.3 Å². The number of carbonyl (C=O) groups is 1. The second kappa shape index (κ2) is 8.45. The number of rotatable bonds is 5. The predicted molar refractivity (Wildman–Crippen MR) is 127 cm³/mol. The van der Waals surface area contributed by atoms with Gasteiger partial charge >= 0.3 is 0 Å². The lowest BCUT2D eigenvalue weighted by Crippen LogP contribution is -2.11. The first-order chi connectivity index (χ1) is 16.4. The molecule has 2 heterocycles. The Morgan fingerprint density at radius 2 is 1.76 bits per heavy atom. The standard InChI is InChI=1S/C24H16ClN5O4/c1-14-11-20-21(28-29(27-20)17-7-5-16(25)6-8-17)13-19(14)26-24(31)23-10-9-22(34-23)15-3-2-4-18(12-15)30(32)33/h2-13H,1H3,(H,26,31). The Labute approximate surface area is 197 Å². The molecule has 10 heteroatoms. The fourth-order valence-electron chi connectivity index (χ4n) is 3.46. The summed E-state index contributed by atoms with van der Waals surface area (Å²) in [4.78, 5) is 24.9. The number of furan rings is 1. The molecule has 5 aromatic rings. The summed E-state index contributed by atoms with van der Waals surface area (Å²) in [6.45, 7) is 1.85. The number of aromatic nitrogens is 3. The molecule has 0 atom stereocenters. The number of amides is 1. The third kappa shape index (κ3) is 4.12. The van der Waals surface area contributed by atoms with Crippen LogP contribution >= 0.6 is 11.6 Å². The molecule has 0 fully saturated rings. The van der Waals surface area contributed by atoms with Gasteiger partial charge in [-0.2, -0.15) is 4.80 Å². The number of nitro groups is 1. The Bertz CT molecular complexity index is 1560. The van der Waals surface area contributed by atoms with Crippen molar-refractivity contribution in [1.29, 1.82) is 0 Å². The van der Waals surface area contributed by atoms with E-state index < -0.39 is 10.8 Å². The molecule has 0 radical (unpaired) electrons. The third-order valence-electron chi connectivity index (χ3n) is 5.20. The summed E-state index contributed by atoms with van der Waals surface area (Å²) < 4.78 is 5.66. The van der Waals surface area contributed by atoms with E-state index in [1.165, 1.54) is 23.0 Å². The van der Waals surface area contributed by atoms with Gasteiger partial charge in [0.25, 0.3) is 11.6 Å². The lowest BCUT2D eigenvalue weighted by Gasteiger charge is -2.06. The van der Waals surface area contributed by atoms with Crippen LogP contribution in [0.25, 0.3) is 28.0 Å². The molecule has 3 aromatic carbocycles. The average molecular weight is 474 g/mol. The number of non-ortho nitro benzene ring substituents is 1. The maximum atomic E-state index is 12.8. The molecule has 0 unspecified atom stereocenters. The Morgan fingerprint density at radius 1 is 1.03 bits per heavy atom. The molecule has 0 bridgehead atoms. The Balaban J connectivity index is 1.39. The molecule has 0 aliphatic rings. The van der Waals surface area contributed by atoms with Crippen LogP contribution in [-0.2, 0) is 0 Å². The molecule has 168 valence electrons. The highest BCUT2D eigenvalue weighted by Crippen LogP contribution is 2.27. The average Bonchev–Trinajstić information content (AvgIpc) is 3.47. The van der Waals surface area contributed by atoms with E-state index >= 15 is 0 Å². The number of hydrogen-bond donors (Lipinski definition) is 1. The normalized spacial score (nSPS) is 11.0. The molecule has 9 nitrogen and oxygen atoms in total. The maximum absolute atomic E-state index is 12.8. The fraction of sp³-hybridized carbons (Fsp3) is 0.0417. The highest BCUT2D eigenvalue weighted by molar-refractivity contribution is 6.30. The summed E-state index contributed by atoms with van der Waals surface area (Å²) in [5, 5.41) is 23.5. The van der Waals surface area contributed by atoms with Crippen LogP contribution in [0.2, 0.25) is 5.02 Å². The van der Waals surface area contributed by atoms with Crippen LogP contribution in [-0.4, -0.2) is 25.8 Å². The zero-order valence-corrected chi connectivity index (χ0v) is 18.5. The van der Waals surface area contributed by atoms with Gasteiger partial charge in [-0.3, -0.25) is 14.9 Å². The summed E-state index contributed by atoms with van der Waals surface area (Å²) in [6, 6.07) is 19.9. The first-order valence-corrected chi connectivity index (χ1v) is 10.5. The molecule has 5 rings (SSSR count). The molecular weight excluding hydrogens is 458 g/mol. The monoisotopic (exact) mass is 473 g/mol. The number of carbonyl (C=O) groups excluding carboxylic acids is 1. The minimum atomic E-state index is -0.484. The van der Waals surface area contributed by atoms with Gasteiger partial charge in [-0.05, 0) is 61.0 Å². The van der Waals surface area contributed by atoms with Crippen molar-refractivity contribution in [2.24, 2.45) is 0 Å². The van der Waals surface area contributed by atoms with Crippen molar-refractivity contribution in [3.05, 3.63) is 99.3 Å². The predicted octanol–water partition coefficient (Wildman–Crippen LogP) is 5.80. The quantitative estimate of drug-likeness (QED) is 0.254. The molecule has 0 saturated heterocycles. The molecular formula is C24H16ClN5O4. The van der Waals surface area contributed by atoms with E-state index in [-0.39, 0.29) is 11.4 Å². The van der Waals surface area contributed by atoms with E-state index in [2.05, 4.69) is 15.5 Å². The van der Waals surface area contributed by atoms with Crippen LogP contribution in [0, 0.1) is 17.0 Å². The second-order valence-corrected chi connectivity index (χ2v) is 7.98.